The van der Waals surface area contributed by atoms with E-state index >= 15 is 0 Å². The predicted octanol–water partition coefficient (Wildman–Crippen LogP) is 10.2. The average Bonchev–Trinajstić information content (AvgIpc) is 2.81. The maximum atomic E-state index is 13.4. The van der Waals surface area contributed by atoms with Crippen molar-refractivity contribution in [2.24, 2.45) is 5.92 Å². The molecule has 0 aliphatic rings. The van der Waals surface area contributed by atoms with Gasteiger partial charge in [0.05, 0.1) is 11.0 Å². The Hall–Kier alpha value is -0.693. The fraction of sp³-hybridized carbons (Fsp3) is 0.812. The summed E-state index contributed by atoms with van der Waals surface area (Å²) in [6.45, 7) is 20.0. The molecule has 1 rings (SSSR count). The van der Waals surface area contributed by atoms with Crippen LogP contribution < -0.4 is 0 Å². The third-order valence-corrected chi connectivity index (χ3v) is 13.9. The lowest BCUT2D eigenvalue weighted by atomic mass is 9.98. The molecule has 0 bridgehead atoms. The second-order valence-corrected chi connectivity index (χ2v) is 19.6. The lowest BCUT2D eigenvalue weighted by Gasteiger charge is -2.41. The molecular weight excluding hydrogens is 509 g/mol. The molecule has 0 aromatic heterocycles. The van der Waals surface area contributed by atoms with Gasteiger partial charge in [-0.1, -0.05) is 130 Å². The summed E-state index contributed by atoms with van der Waals surface area (Å²) < 4.78 is 39.9. The molecule has 0 spiro atoms. The number of rotatable bonds is 20. The van der Waals surface area contributed by atoms with Gasteiger partial charge in [-0.05, 0) is 55.9 Å². The Labute approximate surface area is 237 Å². The maximum Gasteiger partial charge on any atom is 0.297 e. The predicted molar refractivity (Wildman–Crippen MR) is 166 cm³/mol. The third kappa shape index (κ3) is 13.6. The van der Waals surface area contributed by atoms with E-state index < -0.39 is 24.5 Å². The van der Waals surface area contributed by atoms with Crippen LogP contribution in [0.2, 0.25) is 18.1 Å². The Balaban J connectivity index is 3.09. The number of hydrogen-bond acceptors (Lipinski definition) is 4. The molecule has 0 unspecified atom stereocenters. The summed E-state index contributed by atoms with van der Waals surface area (Å²) in [6.07, 6.45) is 13.9. The second-order valence-electron chi connectivity index (χ2n) is 13.3. The van der Waals surface area contributed by atoms with Gasteiger partial charge in [-0.25, -0.2) is 0 Å². The number of unbranched alkanes of at least 4 members (excludes halogenated alkanes) is 8. The molecule has 0 N–H and O–H groups in total. The van der Waals surface area contributed by atoms with Gasteiger partial charge in [-0.2, -0.15) is 8.42 Å². The maximum absolute atomic E-state index is 13.4. The van der Waals surface area contributed by atoms with Gasteiger partial charge < -0.3 is 4.43 Å². The first-order valence-electron chi connectivity index (χ1n) is 15.4. The molecule has 0 amide bonds. The van der Waals surface area contributed by atoms with Gasteiger partial charge >= 0.3 is 0 Å². The van der Waals surface area contributed by atoms with Gasteiger partial charge in [0.25, 0.3) is 10.1 Å². The number of hydrogen-bond donors (Lipinski definition) is 0. The summed E-state index contributed by atoms with van der Waals surface area (Å²) in [5.41, 5.74) is 1.03. The van der Waals surface area contributed by atoms with Gasteiger partial charge in [0.15, 0.2) is 8.32 Å². The molecule has 1 aromatic rings. The molecule has 0 aliphatic heterocycles. The van der Waals surface area contributed by atoms with Crippen LogP contribution in [0.5, 0.6) is 0 Å². The standard InChI is InChI=1S/C32H60O4SSi/c1-10-11-12-13-14-15-16-17-21-30(35-37(33,34)29-25-23-28(4)24-26-29)31(22-19-18-20-27(2)3)36-38(8,9)32(5,6)7/h23-27,30-31H,10-22H2,1-9H3/t30-,31+/m1/s1. The number of aryl methyl sites for hydroxylation is 1. The van der Waals surface area contributed by atoms with Crippen LogP contribution in [-0.4, -0.2) is 28.9 Å². The molecule has 6 heteroatoms. The van der Waals surface area contributed by atoms with Crippen molar-refractivity contribution in [3.63, 3.8) is 0 Å². The Morgan fingerprint density at radius 2 is 1.24 bits per heavy atom. The van der Waals surface area contributed by atoms with Crippen LogP contribution in [0.1, 0.15) is 131 Å². The fourth-order valence-electron chi connectivity index (χ4n) is 4.47. The zero-order chi connectivity index (χ0) is 28.8. The Morgan fingerprint density at radius 3 is 1.76 bits per heavy atom. The van der Waals surface area contributed by atoms with E-state index in [9.17, 15) is 8.42 Å². The fourth-order valence-corrected chi connectivity index (χ4v) is 6.98. The Bertz CT molecular complexity index is 856. The van der Waals surface area contributed by atoms with Crippen molar-refractivity contribution in [3.8, 4) is 0 Å². The van der Waals surface area contributed by atoms with Crippen LogP contribution in [0.4, 0.5) is 0 Å². The minimum Gasteiger partial charge on any atom is -0.411 e. The third-order valence-electron chi connectivity index (χ3n) is 8.09. The Kier molecular flexibility index (Phi) is 16.0. The molecule has 0 aliphatic carbocycles. The summed E-state index contributed by atoms with van der Waals surface area (Å²) >= 11 is 0. The molecule has 0 saturated carbocycles. The van der Waals surface area contributed by atoms with Crippen LogP contribution in [0.3, 0.4) is 0 Å². The van der Waals surface area contributed by atoms with Crippen molar-refractivity contribution in [3.05, 3.63) is 29.8 Å². The summed E-state index contributed by atoms with van der Waals surface area (Å²) in [5.74, 6) is 0.668. The summed E-state index contributed by atoms with van der Waals surface area (Å²) in [5, 5.41) is 0.0437. The first-order valence-corrected chi connectivity index (χ1v) is 19.7. The van der Waals surface area contributed by atoms with Crippen LogP contribution in [0, 0.1) is 12.8 Å². The van der Waals surface area contributed by atoms with Crippen molar-refractivity contribution in [2.75, 3.05) is 0 Å². The van der Waals surface area contributed by atoms with Gasteiger partial charge in [-0.3, -0.25) is 4.18 Å². The smallest absolute Gasteiger partial charge is 0.297 e. The van der Waals surface area contributed by atoms with E-state index in [1.54, 1.807) is 12.1 Å². The van der Waals surface area contributed by atoms with Gasteiger partial charge in [0.1, 0.15) is 6.10 Å². The van der Waals surface area contributed by atoms with Gasteiger partial charge in [0, 0.05) is 0 Å². The molecule has 38 heavy (non-hydrogen) atoms. The molecule has 1 aromatic carbocycles. The second kappa shape index (κ2) is 17.2. The zero-order valence-corrected chi connectivity index (χ0v) is 28.1. The van der Waals surface area contributed by atoms with Crippen molar-refractivity contribution >= 4 is 18.4 Å². The van der Waals surface area contributed by atoms with Crippen LogP contribution >= 0.6 is 0 Å². The summed E-state index contributed by atoms with van der Waals surface area (Å²) in [6, 6.07) is 6.98. The molecule has 2 atom stereocenters. The largest absolute Gasteiger partial charge is 0.411 e. The average molecular weight is 569 g/mol. The topological polar surface area (TPSA) is 52.6 Å². The molecule has 0 saturated heterocycles. The van der Waals surface area contributed by atoms with Crippen LogP contribution in [0.15, 0.2) is 29.2 Å². The van der Waals surface area contributed by atoms with Crippen molar-refractivity contribution in [1.82, 2.24) is 0 Å². The first-order chi connectivity index (χ1) is 17.7. The minimum absolute atomic E-state index is 0.0437. The normalized spacial score (nSPS) is 14.7. The molecule has 4 nitrogen and oxygen atoms in total. The molecule has 0 fully saturated rings. The van der Waals surface area contributed by atoms with Crippen molar-refractivity contribution < 1.29 is 17.0 Å². The van der Waals surface area contributed by atoms with Crippen LogP contribution in [-0.2, 0) is 18.7 Å². The Morgan fingerprint density at radius 1 is 0.763 bits per heavy atom. The highest BCUT2D eigenvalue weighted by Crippen LogP contribution is 2.39. The van der Waals surface area contributed by atoms with E-state index in [-0.39, 0.29) is 16.0 Å². The van der Waals surface area contributed by atoms with Crippen LogP contribution in [0.25, 0.3) is 0 Å². The minimum atomic E-state index is -3.88. The summed E-state index contributed by atoms with van der Waals surface area (Å²) in [7, 11) is -6.00. The van der Waals surface area contributed by atoms with Gasteiger partial charge in [-0.15, -0.1) is 0 Å². The van der Waals surface area contributed by atoms with E-state index in [1.165, 1.54) is 44.9 Å². The monoisotopic (exact) mass is 568 g/mol. The van der Waals surface area contributed by atoms with E-state index in [0.29, 0.717) is 12.3 Å². The quantitative estimate of drug-likeness (QED) is 0.0892. The zero-order valence-electron chi connectivity index (χ0n) is 26.3. The molecule has 222 valence electrons. The molecule has 0 radical (unpaired) electrons. The van der Waals surface area contributed by atoms with E-state index in [1.807, 2.05) is 19.1 Å². The number of benzene rings is 1. The van der Waals surface area contributed by atoms with E-state index in [4.69, 9.17) is 8.61 Å². The lowest BCUT2D eigenvalue weighted by Crippen LogP contribution is -2.48. The summed E-state index contributed by atoms with van der Waals surface area (Å²) in [4.78, 5) is 0.231. The first kappa shape index (κ1) is 35.3. The highest BCUT2D eigenvalue weighted by Gasteiger charge is 2.41. The molecule has 0 heterocycles. The van der Waals surface area contributed by atoms with E-state index in [0.717, 1.165) is 37.7 Å². The highest BCUT2D eigenvalue weighted by molar-refractivity contribution is 7.86. The molecular formula is C32H60O4SSi. The van der Waals surface area contributed by atoms with Crippen molar-refractivity contribution in [2.45, 2.75) is 167 Å². The SMILES string of the molecule is CCCCCCCCCC[C@@H](OS(=O)(=O)c1ccc(C)cc1)[C@H](CCCCC(C)C)O[Si](C)(C)C(C)(C)C. The lowest BCUT2D eigenvalue weighted by molar-refractivity contribution is 0.0346. The highest BCUT2D eigenvalue weighted by atomic mass is 32.2. The van der Waals surface area contributed by atoms with Gasteiger partial charge in [0.2, 0.25) is 0 Å². The van der Waals surface area contributed by atoms with Crippen molar-refractivity contribution in [1.29, 1.82) is 0 Å². The van der Waals surface area contributed by atoms with E-state index in [2.05, 4.69) is 54.6 Å².